The van der Waals surface area contributed by atoms with Gasteiger partial charge in [0.1, 0.15) is 0 Å². The number of hydrogen-bond acceptors (Lipinski definition) is 2. The maximum atomic E-state index is 12.2. The Morgan fingerprint density at radius 1 is 0.724 bits per heavy atom. The van der Waals surface area contributed by atoms with Crippen LogP contribution in [0, 0.1) is 0 Å². The minimum atomic E-state index is -0.0342. The zero-order chi connectivity index (χ0) is 21.3. The number of unbranched alkanes of at least 4 members (excludes halogenated alkanes) is 10. The van der Waals surface area contributed by atoms with Crippen molar-refractivity contribution in [1.82, 2.24) is 0 Å². The van der Waals surface area contributed by atoms with Gasteiger partial charge >= 0.3 is 0 Å². The first-order valence-electron chi connectivity index (χ1n) is 11.5. The molecular weight excluding hydrogens is 384 g/mol. The lowest BCUT2D eigenvalue weighted by atomic mass is 10.1. The lowest BCUT2D eigenvalue weighted by Gasteiger charge is -2.10. The molecule has 0 aromatic heterocycles. The van der Waals surface area contributed by atoms with Crippen molar-refractivity contribution < 1.29 is 9.59 Å². The van der Waals surface area contributed by atoms with Gasteiger partial charge in [0.2, 0.25) is 11.8 Å². The van der Waals surface area contributed by atoms with Gasteiger partial charge in [-0.05, 0) is 31.0 Å². The molecule has 2 amide bonds. The molecule has 0 atom stereocenters. The summed E-state index contributed by atoms with van der Waals surface area (Å²) in [6, 6.07) is 5.16. The Bertz CT molecular complexity index is 605. The SMILES string of the molecule is CCCCCCCCCCCCCC(=O)Nc1cc(NC(=O)CCC)ccc1Cl. The van der Waals surface area contributed by atoms with E-state index in [0.717, 1.165) is 19.3 Å². The predicted octanol–water partition coefficient (Wildman–Crippen LogP) is 7.72. The van der Waals surface area contributed by atoms with Gasteiger partial charge < -0.3 is 10.6 Å². The van der Waals surface area contributed by atoms with Crippen LogP contribution in [0.3, 0.4) is 0 Å². The van der Waals surface area contributed by atoms with Crippen LogP contribution in [0.2, 0.25) is 5.02 Å². The van der Waals surface area contributed by atoms with Gasteiger partial charge in [0, 0.05) is 18.5 Å². The predicted molar refractivity (Wildman–Crippen MR) is 125 cm³/mol. The molecule has 0 bridgehead atoms. The van der Waals surface area contributed by atoms with E-state index in [4.69, 9.17) is 11.6 Å². The Kier molecular flexibility index (Phi) is 14.3. The molecule has 0 saturated carbocycles. The van der Waals surface area contributed by atoms with Gasteiger partial charge in [0.25, 0.3) is 0 Å². The van der Waals surface area contributed by atoms with Crippen LogP contribution in [0.5, 0.6) is 0 Å². The fourth-order valence-corrected chi connectivity index (χ4v) is 3.48. The van der Waals surface area contributed by atoms with Crippen LogP contribution in [0.4, 0.5) is 11.4 Å². The Morgan fingerprint density at radius 3 is 1.86 bits per heavy atom. The zero-order valence-electron chi connectivity index (χ0n) is 18.3. The van der Waals surface area contributed by atoms with E-state index in [-0.39, 0.29) is 11.8 Å². The number of benzene rings is 1. The maximum absolute atomic E-state index is 12.2. The number of halogens is 1. The Morgan fingerprint density at radius 2 is 1.28 bits per heavy atom. The van der Waals surface area contributed by atoms with Gasteiger partial charge in [-0.15, -0.1) is 0 Å². The summed E-state index contributed by atoms with van der Waals surface area (Å²) < 4.78 is 0. The third-order valence-electron chi connectivity index (χ3n) is 5.01. The molecule has 0 aliphatic rings. The average Bonchev–Trinajstić information content (AvgIpc) is 2.69. The molecule has 0 saturated heterocycles. The van der Waals surface area contributed by atoms with Crippen LogP contribution in [0.15, 0.2) is 18.2 Å². The van der Waals surface area contributed by atoms with Gasteiger partial charge in [-0.25, -0.2) is 0 Å². The molecule has 0 spiro atoms. The topological polar surface area (TPSA) is 58.2 Å². The third-order valence-corrected chi connectivity index (χ3v) is 5.34. The summed E-state index contributed by atoms with van der Waals surface area (Å²) in [4.78, 5) is 23.9. The van der Waals surface area contributed by atoms with Crippen molar-refractivity contribution in [3.8, 4) is 0 Å². The van der Waals surface area contributed by atoms with E-state index in [1.54, 1.807) is 18.2 Å². The molecule has 0 heterocycles. The molecule has 0 aliphatic heterocycles. The first kappa shape index (κ1) is 25.5. The molecule has 29 heavy (non-hydrogen) atoms. The zero-order valence-corrected chi connectivity index (χ0v) is 19.1. The maximum Gasteiger partial charge on any atom is 0.224 e. The van der Waals surface area contributed by atoms with Crippen molar-refractivity contribution in [2.75, 3.05) is 10.6 Å². The first-order chi connectivity index (χ1) is 14.1. The molecular formula is C24H39ClN2O2. The molecule has 4 nitrogen and oxygen atoms in total. The van der Waals surface area contributed by atoms with Gasteiger partial charge in [-0.1, -0.05) is 89.7 Å². The number of carbonyl (C=O) groups excluding carboxylic acids is 2. The highest BCUT2D eigenvalue weighted by molar-refractivity contribution is 6.33. The van der Waals surface area contributed by atoms with Crippen molar-refractivity contribution in [1.29, 1.82) is 0 Å². The summed E-state index contributed by atoms with van der Waals surface area (Å²) in [5.74, 6) is -0.0621. The largest absolute Gasteiger partial charge is 0.326 e. The van der Waals surface area contributed by atoms with Gasteiger partial charge in [-0.3, -0.25) is 9.59 Å². The molecule has 2 N–H and O–H groups in total. The summed E-state index contributed by atoms with van der Waals surface area (Å²) in [6.07, 6.45) is 15.7. The molecule has 1 aromatic rings. The number of nitrogens with one attached hydrogen (secondary N) is 2. The summed E-state index contributed by atoms with van der Waals surface area (Å²) in [5.41, 5.74) is 1.20. The second-order valence-electron chi connectivity index (χ2n) is 7.83. The highest BCUT2D eigenvalue weighted by Gasteiger charge is 2.08. The summed E-state index contributed by atoms with van der Waals surface area (Å²) in [6.45, 7) is 4.21. The third kappa shape index (κ3) is 12.6. The lowest BCUT2D eigenvalue weighted by molar-refractivity contribution is -0.117. The van der Waals surface area contributed by atoms with Gasteiger partial charge in [0.05, 0.1) is 10.7 Å². The Labute approximate surface area is 182 Å². The molecule has 0 fully saturated rings. The lowest BCUT2D eigenvalue weighted by Crippen LogP contribution is -2.13. The molecule has 0 radical (unpaired) electrons. The van der Waals surface area contributed by atoms with Crippen molar-refractivity contribution in [2.24, 2.45) is 0 Å². The fourth-order valence-electron chi connectivity index (χ4n) is 3.31. The van der Waals surface area contributed by atoms with E-state index in [9.17, 15) is 9.59 Å². The van der Waals surface area contributed by atoms with Crippen LogP contribution in [0.25, 0.3) is 0 Å². The Balaban J connectivity index is 2.19. The van der Waals surface area contributed by atoms with E-state index in [0.29, 0.717) is 29.2 Å². The van der Waals surface area contributed by atoms with Gasteiger partial charge in [-0.2, -0.15) is 0 Å². The molecule has 5 heteroatoms. The second kappa shape index (κ2) is 16.3. The van der Waals surface area contributed by atoms with Crippen LogP contribution in [-0.2, 0) is 9.59 Å². The molecule has 1 rings (SSSR count). The van der Waals surface area contributed by atoms with Gasteiger partial charge in [0.15, 0.2) is 0 Å². The standard InChI is InChI=1S/C24H39ClN2O2/c1-3-5-6-7-8-9-10-11-12-13-14-16-24(29)27-22-19-20(17-18-21(22)25)26-23(28)15-4-2/h17-19H,3-16H2,1-2H3,(H,26,28)(H,27,29). The minimum absolute atomic E-state index is 0.0279. The second-order valence-corrected chi connectivity index (χ2v) is 8.23. The van der Waals surface area contributed by atoms with E-state index in [1.807, 2.05) is 6.92 Å². The quantitative estimate of drug-likeness (QED) is 0.268. The number of rotatable bonds is 16. The van der Waals surface area contributed by atoms with Crippen molar-refractivity contribution in [3.05, 3.63) is 23.2 Å². The highest BCUT2D eigenvalue weighted by Crippen LogP contribution is 2.26. The van der Waals surface area contributed by atoms with Crippen molar-refractivity contribution in [2.45, 2.75) is 104 Å². The molecule has 0 unspecified atom stereocenters. The van der Waals surface area contributed by atoms with E-state index < -0.39 is 0 Å². The number of carbonyl (C=O) groups is 2. The highest BCUT2D eigenvalue weighted by atomic mass is 35.5. The monoisotopic (exact) mass is 422 g/mol. The molecule has 1 aromatic carbocycles. The number of anilines is 2. The minimum Gasteiger partial charge on any atom is -0.326 e. The van der Waals surface area contributed by atoms with Crippen molar-refractivity contribution in [3.63, 3.8) is 0 Å². The summed E-state index contributed by atoms with van der Waals surface area (Å²) in [5, 5.41) is 6.17. The smallest absolute Gasteiger partial charge is 0.224 e. The summed E-state index contributed by atoms with van der Waals surface area (Å²) in [7, 11) is 0. The summed E-state index contributed by atoms with van der Waals surface area (Å²) >= 11 is 6.18. The van der Waals surface area contributed by atoms with E-state index >= 15 is 0 Å². The number of hydrogen-bond donors (Lipinski definition) is 2. The van der Waals surface area contributed by atoms with Crippen LogP contribution >= 0.6 is 11.6 Å². The molecule has 164 valence electrons. The van der Waals surface area contributed by atoms with Crippen molar-refractivity contribution >= 4 is 34.8 Å². The van der Waals surface area contributed by atoms with E-state index in [1.165, 1.54) is 57.8 Å². The van der Waals surface area contributed by atoms with Crippen LogP contribution in [0.1, 0.15) is 104 Å². The van der Waals surface area contributed by atoms with Crippen LogP contribution < -0.4 is 10.6 Å². The average molecular weight is 423 g/mol. The number of amides is 2. The molecule has 0 aliphatic carbocycles. The normalized spacial score (nSPS) is 10.7. The van der Waals surface area contributed by atoms with Crippen LogP contribution in [-0.4, -0.2) is 11.8 Å². The van der Waals surface area contributed by atoms with E-state index in [2.05, 4.69) is 17.6 Å². The fraction of sp³-hybridized carbons (Fsp3) is 0.667. The first-order valence-corrected chi connectivity index (χ1v) is 11.8. The Hall–Kier alpha value is -1.55.